The van der Waals surface area contributed by atoms with E-state index in [9.17, 15) is 13.2 Å². The quantitative estimate of drug-likeness (QED) is 0.837. The number of sulfonamides is 1. The van der Waals surface area contributed by atoms with Gasteiger partial charge in [-0.05, 0) is 30.4 Å². The van der Waals surface area contributed by atoms with Gasteiger partial charge in [-0.1, -0.05) is 6.07 Å². The van der Waals surface area contributed by atoms with Crippen molar-refractivity contribution in [3.05, 3.63) is 30.1 Å². The summed E-state index contributed by atoms with van der Waals surface area (Å²) in [5.41, 5.74) is 1.03. The van der Waals surface area contributed by atoms with Gasteiger partial charge in [-0.25, -0.2) is 13.6 Å². The number of aryl methyl sites for hydroxylation is 1. The van der Waals surface area contributed by atoms with Crippen LogP contribution in [0.5, 0.6) is 0 Å². The molecule has 1 amide bonds. The lowest BCUT2D eigenvalue weighted by atomic mass is 10.1. The minimum absolute atomic E-state index is 0.0349. The summed E-state index contributed by atoms with van der Waals surface area (Å²) >= 11 is 0. The summed E-state index contributed by atoms with van der Waals surface area (Å²) < 4.78 is 22.1. The number of aromatic nitrogens is 1. The van der Waals surface area contributed by atoms with Crippen LogP contribution < -0.4 is 5.14 Å². The van der Waals surface area contributed by atoms with E-state index in [1.807, 2.05) is 12.1 Å². The van der Waals surface area contributed by atoms with E-state index in [1.165, 1.54) is 0 Å². The Morgan fingerprint density at radius 1 is 1.50 bits per heavy atom. The summed E-state index contributed by atoms with van der Waals surface area (Å²) in [7, 11) is -3.46. The van der Waals surface area contributed by atoms with Crippen LogP contribution >= 0.6 is 0 Å². The molecule has 20 heavy (non-hydrogen) atoms. The number of hydrogen-bond acceptors (Lipinski definition) is 4. The van der Waals surface area contributed by atoms with Crippen molar-refractivity contribution in [3.63, 3.8) is 0 Å². The van der Waals surface area contributed by atoms with Crippen molar-refractivity contribution < 1.29 is 13.2 Å². The van der Waals surface area contributed by atoms with E-state index in [1.54, 1.807) is 17.3 Å². The molecule has 7 heteroatoms. The fourth-order valence-corrected chi connectivity index (χ4v) is 3.41. The van der Waals surface area contributed by atoms with Gasteiger partial charge < -0.3 is 4.90 Å². The molecule has 1 aliphatic rings. The molecule has 2 rings (SSSR count). The van der Waals surface area contributed by atoms with Gasteiger partial charge >= 0.3 is 0 Å². The van der Waals surface area contributed by atoms with E-state index in [4.69, 9.17) is 5.14 Å². The summed E-state index contributed by atoms with van der Waals surface area (Å²) in [5.74, 6) is -0.0162. The molecular formula is C13H19N3O3S. The maximum absolute atomic E-state index is 12.1. The molecule has 1 unspecified atom stereocenters. The van der Waals surface area contributed by atoms with Gasteiger partial charge in [0.15, 0.2) is 0 Å². The number of carbonyl (C=O) groups is 1. The van der Waals surface area contributed by atoms with Gasteiger partial charge in [-0.3, -0.25) is 9.78 Å². The zero-order chi connectivity index (χ0) is 14.6. The molecule has 1 atom stereocenters. The number of amides is 1. The van der Waals surface area contributed by atoms with Gasteiger partial charge in [-0.2, -0.15) is 0 Å². The summed E-state index contributed by atoms with van der Waals surface area (Å²) in [4.78, 5) is 17.8. The lowest BCUT2D eigenvalue weighted by Gasteiger charge is -2.16. The van der Waals surface area contributed by atoms with E-state index >= 15 is 0 Å². The number of rotatable bonds is 5. The first-order chi connectivity index (χ1) is 9.44. The van der Waals surface area contributed by atoms with Crippen LogP contribution in [0.25, 0.3) is 0 Å². The number of carbonyl (C=O) groups excluding carboxylic acids is 1. The zero-order valence-electron chi connectivity index (χ0n) is 11.2. The number of hydrogen-bond donors (Lipinski definition) is 1. The van der Waals surface area contributed by atoms with Crippen LogP contribution in [0.15, 0.2) is 24.5 Å². The third-order valence-corrected chi connectivity index (χ3v) is 4.39. The normalized spacial score (nSPS) is 19.2. The fourth-order valence-electron chi connectivity index (χ4n) is 2.48. The second-order valence-electron chi connectivity index (χ2n) is 5.19. The van der Waals surface area contributed by atoms with E-state index in [0.29, 0.717) is 32.4 Å². The molecule has 2 N–H and O–H groups in total. The Kier molecular flexibility index (Phi) is 4.72. The monoisotopic (exact) mass is 297 g/mol. The molecule has 1 aromatic rings. The number of likely N-dealkylation sites (tertiary alicyclic amines) is 1. The Morgan fingerprint density at radius 2 is 2.30 bits per heavy atom. The van der Waals surface area contributed by atoms with Crippen molar-refractivity contribution >= 4 is 15.9 Å². The maximum Gasteiger partial charge on any atom is 0.222 e. The molecule has 1 aliphatic heterocycles. The molecule has 0 radical (unpaired) electrons. The van der Waals surface area contributed by atoms with Crippen molar-refractivity contribution in [2.45, 2.75) is 19.3 Å². The Morgan fingerprint density at radius 3 is 2.95 bits per heavy atom. The van der Waals surface area contributed by atoms with E-state index in [-0.39, 0.29) is 17.6 Å². The Labute approximate surface area is 119 Å². The Balaban J connectivity index is 1.80. The first kappa shape index (κ1) is 14.9. The predicted molar refractivity (Wildman–Crippen MR) is 75.2 cm³/mol. The number of primary sulfonamides is 1. The Bertz CT molecular complexity index is 559. The van der Waals surface area contributed by atoms with Crippen LogP contribution in [0.4, 0.5) is 0 Å². The van der Waals surface area contributed by atoms with Gasteiger partial charge in [0.2, 0.25) is 15.9 Å². The zero-order valence-corrected chi connectivity index (χ0v) is 12.1. The van der Waals surface area contributed by atoms with Gasteiger partial charge in [-0.15, -0.1) is 0 Å². The lowest BCUT2D eigenvalue weighted by Crippen LogP contribution is -2.30. The van der Waals surface area contributed by atoms with Crippen molar-refractivity contribution in [2.24, 2.45) is 11.1 Å². The largest absolute Gasteiger partial charge is 0.342 e. The smallest absolute Gasteiger partial charge is 0.222 e. The summed E-state index contributed by atoms with van der Waals surface area (Å²) in [6.45, 7) is 1.11. The van der Waals surface area contributed by atoms with E-state index in [2.05, 4.69) is 4.98 Å². The molecule has 1 fully saturated rings. The average Bonchev–Trinajstić information content (AvgIpc) is 2.83. The van der Waals surface area contributed by atoms with Gasteiger partial charge in [0.05, 0.1) is 5.75 Å². The highest BCUT2D eigenvalue weighted by Gasteiger charge is 2.28. The van der Waals surface area contributed by atoms with Crippen LogP contribution in [0.1, 0.15) is 18.4 Å². The average molecular weight is 297 g/mol. The Hall–Kier alpha value is -1.47. The highest BCUT2D eigenvalue weighted by Crippen LogP contribution is 2.18. The molecule has 0 saturated carbocycles. The minimum Gasteiger partial charge on any atom is -0.342 e. The highest BCUT2D eigenvalue weighted by molar-refractivity contribution is 7.89. The summed E-state index contributed by atoms with van der Waals surface area (Å²) in [5, 5.41) is 5.03. The van der Waals surface area contributed by atoms with Crippen molar-refractivity contribution in [2.75, 3.05) is 18.8 Å². The molecule has 0 aromatic carbocycles. The summed E-state index contributed by atoms with van der Waals surface area (Å²) in [6, 6.07) is 3.78. The second kappa shape index (κ2) is 6.32. The molecule has 1 saturated heterocycles. The molecule has 2 heterocycles. The first-order valence-corrected chi connectivity index (χ1v) is 8.33. The first-order valence-electron chi connectivity index (χ1n) is 6.61. The van der Waals surface area contributed by atoms with Crippen LogP contribution in [0, 0.1) is 5.92 Å². The van der Waals surface area contributed by atoms with Crippen LogP contribution in [-0.4, -0.2) is 43.1 Å². The standard InChI is InChI=1S/C13H19N3O3S/c14-20(18,19)10-12-5-7-16(9-12)13(17)4-3-11-2-1-6-15-8-11/h1-2,6,8,12H,3-5,7,9-10H2,(H2,14,18,19). The molecule has 0 aliphatic carbocycles. The molecule has 1 aromatic heterocycles. The number of nitrogens with two attached hydrogens (primary N) is 1. The molecule has 0 bridgehead atoms. The van der Waals surface area contributed by atoms with Crippen LogP contribution in [-0.2, 0) is 21.2 Å². The topological polar surface area (TPSA) is 93.4 Å². The van der Waals surface area contributed by atoms with Crippen molar-refractivity contribution in [3.8, 4) is 0 Å². The van der Waals surface area contributed by atoms with Crippen LogP contribution in [0.2, 0.25) is 0 Å². The fraction of sp³-hybridized carbons (Fsp3) is 0.538. The maximum atomic E-state index is 12.1. The van der Waals surface area contributed by atoms with Crippen molar-refractivity contribution in [1.29, 1.82) is 0 Å². The van der Waals surface area contributed by atoms with Crippen molar-refractivity contribution in [1.82, 2.24) is 9.88 Å². The number of nitrogens with zero attached hydrogens (tertiary/aromatic N) is 2. The van der Waals surface area contributed by atoms with Crippen LogP contribution in [0.3, 0.4) is 0 Å². The summed E-state index contributed by atoms with van der Waals surface area (Å²) in [6.07, 6.45) is 5.23. The molecule has 0 spiro atoms. The van der Waals surface area contributed by atoms with Gasteiger partial charge in [0.25, 0.3) is 0 Å². The van der Waals surface area contributed by atoms with Gasteiger partial charge in [0.1, 0.15) is 0 Å². The molecule has 110 valence electrons. The number of pyridine rings is 1. The second-order valence-corrected chi connectivity index (χ2v) is 6.84. The predicted octanol–water partition coefficient (Wildman–Crippen LogP) is 0.151. The third-order valence-electron chi connectivity index (χ3n) is 3.46. The SMILES string of the molecule is NS(=O)(=O)CC1CCN(C(=O)CCc2cccnc2)C1. The molecule has 6 nitrogen and oxygen atoms in total. The lowest BCUT2D eigenvalue weighted by molar-refractivity contribution is -0.130. The van der Waals surface area contributed by atoms with E-state index < -0.39 is 10.0 Å². The van der Waals surface area contributed by atoms with Gasteiger partial charge in [0, 0.05) is 31.9 Å². The van der Waals surface area contributed by atoms with E-state index in [0.717, 1.165) is 5.56 Å². The highest BCUT2D eigenvalue weighted by atomic mass is 32.2. The minimum atomic E-state index is -3.46. The third kappa shape index (κ3) is 4.57. The molecular weight excluding hydrogens is 278 g/mol.